The number of fused-ring (bicyclic) bond motifs is 1. The van der Waals surface area contributed by atoms with Crippen LogP contribution in [-0.2, 0) is 4.74 Å². The van der Waals surface area contributed by atoms with Crippen molar-refractivity contribution < 1.29 is 19.1 Å². The van der Waals surface area contributed by atoms with E-state index in [1.807, 2.05) is 6.07 Å². The lowest BCUT2D eigenvalue weighted by atomic mass is 10.2. The summed E-state index contributed by atoms with van der Waals surface area (Å²) in [6.07, 6.45) is 0. The molecule has 1 heterocycles. The van der Waals surface area contributed by atoms with Gasteiger partial charge in [0.05, 0.1) is 35.2 Å². The summed E-state index contributed by atoms with van der Waals surface area (Å²) in [7, 11) is 1.53. The zero-order valence-corrected chi connectivity index (χ0v) is 15.1. The van der Waals surface area contributed by atoms with E-state index in [2.05, 4.69) is 15.6 Å². The second-order valence-electron chi connectivity index (χ2n) is 5.20. The van der Waals surface area contributed by atoms with Crippen LogP contribution in [0.5, 0.6) is 5.75 Å². The normalized spacial score (nSPS) is 10.4. The topological polar surface area (TPSA) is 89.5 Å². The Kier molecular flexibility index (Phi) is 5.33. The zero-order chi connectivity index (χ0) is 18.5. The molecule has 26 heavy (non-hydrogen) atoms. The van der Waals surface area contributed by atoms with E-state index in [4.69, 9.17) is 9.47 Å². The van der Waals surface area contributed by atoms with Gasteiger partial charge in [-0.2, -0.15) is 0 Å². The number of anilines is 2. The van der Waals surface area contributed by atoms with E-state index in [1.165, 1.54) is 18.4 Å². The van der Waals surface area contributed by atoms with Gasteiger partial charge in [0.2, 0.25) is 0 Å². The van der Waals surface area contributed by atoms with Gasteiger partial charge < -0.3 is 14.8 Å². The number of ether oxygens (including phenoxy) is 2. The molecule has 0 aliphatic rings. The van der Waals surface area contributed by atoms with Crippen LogP contribution in [0.3, 0.4) is 0 Å². The maximum Gasteiger partial charge on any atom is 0.338 e. The molecule has 2 amide bonds. The van der Waals surface area contributed by atoms with Crippen molar-refractivity contribution in [2.24, 2.45) is 0 Å². The maximum absolute atomic E-state index is 12.2. The summed E-state index contributed by atoms with van der Waals surface area (Å²) < 4.78 is 11.0. The Morgan fingerprint density at radius 2 is 1.96 bits per heavy atom. The largest absolute Gasteiger partial charge is 0.495 e. The number of esters is 1. The molecule has 3 rings (SSSR count). The van der Waals surface area contributed by atoms with E-state index < -0.39 is 6.03 Å². The fourth-order valence-electron chi connectivity index (χ4n) is 2.32. The predicted molar refractivity (Wildman–Crippen MR) is 101 cm³/mol. The quantitative estimate of drug-likeness (QED) is 0.658. The summed E-state index contributed by atoms with van der Waals surface area (Å²) >= 11 is 1.27. The van der Waals surface area contributed by atoms with Gasteiger partial charge in [0, 0.05) is 0 Å². The van der Waals surface area contributed by atoms with Gasteiger partial charge in [-0.15, -0.1) is 0 Å². The summed E-state index contributed by atoms with van der Waals surface area (Å²) in [5, 5.41) is 5.83. The molecule has 3 aromatic rings. The first-order chi connectivity index (χ1) is 12.6. The number of hydrogen-bond donors (Lipinski definition) is 2. The number of carbonyl (C=O) groups excluding carboxylic acids is 2. The molecule has 134 valence electrons. The van der Waals surface area contributed by atoms with Crippen molar-refractivity contribution in [2.75, 3.05) is 24.4 Å². The van der Waals surface area contributed by atoms with Crippen LogP contribution < -0.4 is 15.4 Å². The Bertz CT molecular complexity index is 955. The predicted octanol–water partition coefficient (Wildman–Crippen LogP) is 4.13. The molecule has 0 atom stereocenters. The van der Waals surface area contributed by atoms with Crippen molar-refractivity contribution in [3.05, 3.63) is 48.0 Å². The number of amides is 2. The second kappa shape index (κ2) is 7.83. The van der Waals surface area contributed by atoms with Crippen molar-refractivity contribution in [3.63, 3.8) is 0 Å². The van der Waals surface area contributed by atoms with Gasteiger partial charge in [-0.05, 0) is 37.3 Å². The molecule has 0 fully saturated rings. The number of urea groups is 1. The van der Waals surface area contributed by atoms with E-state index in [9.17, 15) is 9.59 Å². The molecule has 0 spiro atoms. The molecular formula is C18H17N3O4S. The van der Waals surface area contributed by atoms with Crippen molar-refractivity contribution in [3.8, 4) is 5.75 Å². The number of nitrogens with zero attached hydrogens (tertiary/aromatic N) is 1. The Labute approximate surface area is 154 Å². The molecule has 0 aliphatic heterocycles. The Morgan fingerprint density at radius 3 is 2.73 bits per heavy atom. The highest BCUT2D eigenvalue weighted by Gasteiger charge is 2.12. The lowest BCUT2D eigenvalue weighted by molar-refractivity contribution is 0.0526. The van der Waals surface area contributed by atoms with Gasteiger partial charge in [0.25, 0.3) is 0 Å². The van der Waals surface area contributed by atoms with Crippen molar-refractivity contribution in [1.29, 1.82) is 0 Å². The summed E-state index contributed by atoms with van der Waals surface area (Å²) in [5.41, 5.74) is 1.70. The van der Waals surface area contributed by atoms with Gasteiger partial charge >= 0.3 is 12.0 Å². The zero-order valence-electron chi connectivity index (χ0n) is 14.2. The fourth-order valence-corrected chi connectivity index (χ4v) is 3.22. The van der Waals surface area contributed by atoms with E-state index in [1.54, 1.807) is 43.3 Å². The number of para-hydroxylation sites is 2. The molecule has 0 bridgehead atoms. The van der Waals surface area contributed by atoms with E-state index in [0.717, 1.165) is 4.70 Å². The third-order valence-electron chi connectivity index (χ3n) is 3.48. The number of thiazole rings is 1. The van der Waals surface area contributed by atoms with Gasteiger partial charge in [0.15, 0.2) is 5.13 Å². The molecule has 0 saturated carbocycles. The maximum atomic E-state index is 12.2. The standard InChI is InChI=1S/C18H17N3O4S/c1-3-25-16(22)11-8-9-13-15(10-11)26-18(20-13)21-17(23)19-12-6-4-5-7-14(12)24-2/h4-10H,3H2,1-2H3,(H2,19,20,21,23). The number of aromatic nitrogens is 1. The second-order valence-corrected chi connectivity index (χ2v) is 6.23. The highest BCUT2D eigenvalue weighted by molar-refractivity contribution is 7.22. The third kappa shape index (κ3) is 3.92. The lowest BCUT2D eigenvalue weighted by Crippen LogP contribution is -2.19. The Morgan fingerprint density at radius 1 is 1.15 bits per heavy atom. The molecule has 0 radical (unpaired) electrons. The number of methoxy groups -OCH3 is 1. The van der Waals surface area contributed by atoms with Crippen LogP contribution in [0.25, 0.3) is 10.2 Å². The van der Waals surface area contributed by atoms with Gasteiger partial charge in [0.1, 0.15) is 5.75 Å². The molecule has 0 unspecified atom stereocenters. The SMILES string of the molecule is CCOC(=O)c1ccc2nc(NC(=O)Nc3ccccc3OC)sc2c1. The van der Waals surface area contributed by atoms with E-state index >= 15 is 0 Å². The molecule has 7 nitrogen and oxygen atoms in total. The summed E-state index contributed by atoms with van der Waals surface area (Å²) in [4.78, 5) is 28.4. The highest BCUT2D eigenvalue weighted by atomic mass is 32.1. The minimum Gasteiger partial charge on any atom is -0.495 e. The van der Waals surface area contributed by atoms with Crippen LogP contribution in [0, 0.1) is 0 Å². The number of nitrogens with one attached hydrogen (secondary N) is 2. The highest BCUT2D eigenvalue weighted by Crippen LogP contribution is 2.28. The minimum atomic E-state index is -0.431. The van der Waals surface area contributed by atoms with Crippen LogP contribution in [-0.4, -0.2) is 30.7 Å². The number of carbonyl (C=O) groups is 2. The van der Waals surface area contributed by atoms with Crippen LogP contribution in [0.4, 0.5) is 15.6 Å². The van der Waals surface area contributed by atoms with Crippen molar-refractivity contribution in [2.45, 2.75) is 6.92 Å². The lowest BCUT2D eigenvalue weighted by Gasteiger charge is -2.09. The first-order valence-electron chi connectivity index (χ1n) is 7.89. The summed E-state index contributed by atoms with van der Waals surface area (Å²) in [6, 6.07) is 11.8. The first-order valence-corrected chi connectivity index (χ1v) is 8.71. The van der Waals surface area contributed by atoms with Crippen LogP contribution in [0.2, 0.25) is 0 Å². The average Bonchev–Trinajstić information content (AvgIpc) is 3.03. The molecular weight excluding hydrogens is 354 g/mol. The van der Waals surface area contributed by atoms with Crippen molar-refractivity contribution >= 4 is 44.4 Å². The molecule has 1 aromatic heterocycles. The van der Waals surface area contributed by atoms with Crippen LogP contribution in [0.15, 0.2) is 42.5 Å². The number of rotatable bonds is 5. The summed E-state index contributed by atoms with van der Waals surface area (Å²) in [5.74, 6) is 0.178. The minimum absolute atomic E-state index is 0.315. The summed E-state index contributed by atoms with van der Waals surface area (Å²) in [6.45, 7) is 2.07. The van der Waals surface area contributed by atoms with Gasteiger partial charge in [-0.1, -0.05) is 23.5 Å². The van der Waals surface area contributed by atoms with Crippen molar-refractivity contribution in [1.82, 2.24) is 4.98 Å². The fraction of sp³-hybridized carbons (Fsp3) is 0.167. The van der Waals surface area contributed by atoms with E-state index in [-0.39, 0.29) is 5.97 Å². The molecule has 0 aliphatic carbocycles. The van der Waals surface area contributed by atoms with Gasteiger partial charge in [-0.25, -0.2) is 14.6 Å². The van der Waals surface area contributed by atoms with Gasteiger partial charge in [-0.3, -0.25) is 5.32 Å². The van der Waals surface area contributed by atoms with E-state index in [0.29, 0.717) is 34.3 Å². The van der Waals surface area contributed by atoms with Crippen LogP contribution in [0.1, 0.15) is 17.3 Å². The average molecular weight is 371 g/mol. The molecule has 8 heteroatoms. The number of benzene rings is 2. The third-order valence-corrected chi connectivity index (χ3v) is 4.41. The monoisotopic (exact) mass is 371 g/mol. The smallest absolute Gasteiger partial charge is 0.338 e. The first kappa shape index (κ1) is 17.7. The Balaban J connectivity index is 1.74. The molecule has 2 N–H and O–H groups in total. The Hall–Kier alpha value is -3.13. The van der Waals surface area contributed by atoms with Crippen LogP contribution >= 0.6 is 11.3 Å². The molecule has 0 saturated heterocycles. The molecule has 2 aromatic carbocycles. The number of hydrogen-bond acceptors (Lipinski definition) is 6.